The van der Waals surface area contributed by atoms with E-state index in [1.54, 1.807) is 43.4 Å². The molecule has 0 fully saturated rings. The zero-order valence-corrected chi connectivity index (χ0v) is 18.0. The van der Waals surface area contributed by atoms with Crippen LogP contribution >= 0.6 is 11.6 Å². The molecule has 4 nitrogen and oxygen atoms in total. The summed E-state index contributed by atoms with van der Waals surface area (Å²) in [6.45, 7) is 0.179. The maximum atomic E-state index is 14.2. The molecule has 0 radical (unpaired) electrons. The van der Waals surface area contributed by atoms with Gasteiger partial charge in [0.05, 0.1) is 6.42 Å². The number of halogens is 2. The number of benzene rings is 3. The van der Waals surface area contributed by atoms with Crippen LogP contribution in [-0.2, 0) is 29.0 Å². The molecule has 160 valence electrons. The van der Waals surface area contributed by atoms with Gasteiger partial charge in [-0.1, -0.05) is 72.3 Å². The number of carbonyl (C=O) groups is 2. The van der Waals surface area contributed by atoms with Crippen LogP contribution in [0.25, 0.3) is 0 Å². The number of carbonyl (C=O) groups excluding carboxylic acids is 2. The second-order valence-corrected chi connectivity index (χ2v) is 7.68. The van der Waals surface area contributed by atoms with Crippen LogP contribution in [0, 0.1) is 5.82 Å². The van der Waals surface area contributed by atoms with E-state index in [4.69, 9.17) is 11.6 Å². The number of likely N-dealkylation sites (N-methyl/N-ethyl adjacent to an activating group) is 1. The van der Waals surface area contributed by atoms with Crippen molar-refractivity contribution in [3.8, 4) is 0 Å². The van der Waals surface area contributed by atoms with E-state index in [2.05, 4.69) is 5.32 Å². The Labute approximate surface area is 186 Å². The largest absolute Gasteiger partial charge is 0.357 e. The number of nitrogens with zero attached hydrogens (tertiary/aromatic N) is 1. The van der Waals surface area contributed by atoms with Crippen molar-refractivity contribution in [2.24, 2.45) is 0 Å². The molecule has 0 unspecified atom stereocenters. The van der Waals surface area contributed by atoms with Crippen molar-refractivity contribution in [1.82, 2.24) is 10.2 Å². The normalized spacial score (nSPS) is 11.6. The van der Waals surface area contributed by atoms with Crippen molar-refractivity contribution < 1.29 is 14.0 Å². The van der Waals surface area contributed by atoms with Crippen molar-refractivity contribution in [3.05, 3.63) is 106 Å². The SMILES string of the molecule is CNC(=O)[C@H](Cc1ccccc1)N(Cc1cccc(Cl)c1)C(=O)Cc1ccccc1F. The summed E-state index contributed by atoms with van der Waals surface area (Å²) in [6, 6.07) is 22.1. The van der Waals surface area contributed by atoms with E-state index in [0.29, 0.717) is 17.0 Å². The molecule has 3 aromatic carbocycles. The number of nitrogens with one attached hydrogen (secondary N) is 1. The first-order valence-corrected chi connectivity index (χ1v) is 10.4. The average molecular weight is 439 g/mol. The molecule has 1 N–H and O–H groups in total. The predicted octanol–water partition coefficient (Wildman–Crippen LogP) is 4.41. The van der Waals surface area contributed by atoms with E-state index in [1.165, 1.54) is 11.0 Å². The van der Waals surface area contributed by atoms with Crippen LogP contribution in [0.3, 0.4) is 0 Å². The number of hydrogen-bond acceptors (Lipinski definition) is 2. The molecule has 6 heteroatoms. The lowest BCUT2D eigenvalue weighted by Crippen LogP contribution is -2.50. The Morgan fingerprint density at radius 1 is 0.968 bits per heavy atom. The van der Waals surface area contributed by atoms with Gasteiger partial charge in [0.1, 0.15) is 11.9 Å². The Hall–Kier alpha value is -3.18. The van der Waals surface area contributed by atoms with Gasteiger partial charge in [-0.15, -0.1) is 0 Å². The van der Waals surface area contributed by atoms with Crippen LogP contribution in [0.2, 0.25) is 5.02 Å². The molecule has 3 aromatic rings. The van der Waals surface area contributed by atoms with Gasteiger partial charge in [0.25, 0.3) is 0 Å². The third-order valence-corrected chi connectivity index (χ3v) is 5.29. The maximum absolute atomic E-state index is 14.2. The zero-order valence-electron chi connectivity index (χ0n) is 17.2. The topological polar surface area (TPSA) is 49.4 Å². The van der Waals surface area contributed by atoms with E-state index in [9.17, 15) is 14.0 Å². The standard InChI is InChI=1S/C25H24ClFN2O2/c1-28-25(31)23(15-18-8-3-2-4-9-18)29(17-19-10-7-12-21(26)14-19)24(30)16-20-11-5-6-13-22(20)27/h2-14,23H,15-17H2,1H3,(H,28,31)/t23-/m0/s1. The molecule has 0 saturated carbocycles. The monoisotopic (exact) mass is 438 g/mol. The van der Waals surface area contributed by atoms with Gasteiger partial charge < -0.3 is 10.2 Å². The molecule has 0 saturated heterocycles. The Balaban J connectivity index is 1.95. The molecule has 0 aromatic heterocycles. The summed E-state index contributed by atoms with van der Waals surface area (Å²) in [7, 11) is 1.54. The van der Waals surface area contributed by atoms with Gasteiger partial charge >= 0.3 is 0 Å². The Kier molecular flexibility index (Phi) is 7.79. The summed E-state index contributed by atoms with van der Waals surface area (Å²) >= 11 is 6.13. The molecule has 0 heterocycles. The highest BCUT2D eigenvalue weighted by Crippen LogP contribution is 2.19. The van der Waals surface area contributed by atoms with Crippen molar-refractivity contribution >= 4 is 23.4 Å². The van der Waals surface area contributed by atoms with E-state index >= 15 is 0 Å². The summed E-state index contributed by atoms with van der Waals surface area (Å²) in [5, 5.41) is 3.20. The molecule has 3 rings (SSSR count). The first kappa shape index (κ1) is 22.5. The number of hydrogen-bond donors (Lipinski definition) is 1. The summed E-state index contributed by atoms with van der Waals surface area (Å²) in [5.74, 6) is -1.07. The molecule has 2 amide bonds. The van der Waals surface area contributed by atoms with Gasteiger partial charge in [-0.05, 0) is 34.9 Å². The fourth-order valence-corrected chi connectivity index (χ4v) is 3.67. The zero-order chi connectivity index (χ0) is 22.2. The highest BCUT2D eigenvalue weighted by molar-refractivity contribution is 6.30. The highest BCUT2D eigenvalue weighted by Gasteiger charge is 2.30. The van der Waals surface area contributed by atoms with E-state index in [-0.39, 0.29) is 24.8 Å². The fraction of sp³-hybridized carbons (Fsp3) is 0.200. The van der Waals surface area contributed by atoms with Crippen molar-refractivity contribution in [1.29, 1.82) is 0 Å². The Morgan fingerprint density at radius 3 is 2.32 bits per heavy atom. The lowest BCUT2D eigenvalue weighted by Gasteiger charge is -2.31. The lowest BCUT2D eigenvalue weighted by molar-refractivity contribution is -0.140. The van der Waals surface area contributed by atoms with Crippen LogP contribution < -0.4 is 5.32 Å². The molecule has 0 aliphatic rings. The third kappa shape index (κ3) is 6.15. The number of rotatable bonds is 8. The molecule has 0 aliphatic carbocycles. The second-order valence-electron chi connectivity index (χ2n) is 7.24. The van der Waals surface area contributed by atoms with Gasteiger partial charge in [-0.3, -0.25) is 9.59 Å². The second kappa shape index (κ2) is 10.7. The van der Waals surface area contributed by atoms with Gasteiger partial charge in [-0.25, -0.2) is 4.39 Å². The number of amides is 2. The molecule has 31 heavy (non-hydrogen) atoms. The summed E-state index contributed by atoms with van der Waals surface area (Å²) in [5.41, 5.74) is 2.00. The van der Waals surface area contributed by atoms with Gasteiger partial charge in [0, 0.05) is 25.0 Å². The van der Waals surface area contributed by atoms with Gasteiger partial charge in [0.2, 0.25) is 11.8 Å². The maximum Gasteiger partial charge on any atom is 0.242 e. The smallest absolute Gasteiger partial charge is 0.242 e. The molecule has 0 spiro atoms. The molecule has 0 bridgehead atoms. The summed E-state index contributed by atoms with van der Waals surface area (Å²) in [6.07, 6.45) is 0.194. The Morgan fingerprint density at radius 2 is 1.65 bits per heavy atom. The van der Waals surface area contributed by atoms with E-state index in [1.807, 2.05) is 36.4 Å². The summed E-state index contributed by atoms with van der Waals surface area (Å²) in [4.78, 5) is 27.7. The molecular weight excluding hydrogens is 415 g/mol. The molecule has 0 aliphatic heterocycles. The lowest BCUT2D eigenvalue weighted by atomic mass is 10.0. The minimum Gasteiger partial charge on any atom is -0.357 e. The average Bonchev–Trinajstić information content (AvgIpc) is 2.78. The van der Waals surface area contributed by atoms with E-state index in [0.717, 1.165) is 11.1 Å². The minimum atomic E-state index is -0.759. The van der Waals surface area contributed by atoms with Crippen LogP contribution in [0.15, 0.2) is 78.9 Å². The van der Waals surface area contributed by atoms with Crippen molar-refractivity contribution in [2.45, 2.75) is 25.4 Å². The van der Waals surface area contributed by atoms with Crippen LogP contribution in [0.4, 0.5) is 4.39 Å². The summed E-state index contributed by atoms with van der Waals surface area (Å²) < 4.78 is 14.2. The first-order chi connectivity index (χ1) is 15.0. The fourth-order valence-electron chi connectivity index (χ4n) is 3.46. The quantitative estimate of drug-likeness (QED) is 0.566. The van der Waals surface area contributed by atoms with Crippen LogP contribution in [-0.4, -0.2) is 29.8 Å². The molecular formula is C25H24ClFN2O2. The van der Waals surface area contributed by atoms with E-state index < -0.39 is 11.9 Å². The van der Waals surface area contributed by atoms with Crippen LogP contribution in [0.5, 0.6) is 0 Å². The van der Waals surface area contributed by atoms with Gasteiger partial charge in [0.15, 0.2) is 0 Å². The molecule has 1 atom stereocenters. The minimum absolute atomic E-state index is 0.143. The van der Waals surface area contributed by atoms with Crippen molar-refractivity contribution in [2.75, 3.05) is 7.05 Å². The predicted molar refractivity (Wildman–Crippen MR) is 120 cm³/mol. The first-order valence-electron chi connectivity index (χ1n) is 10.0. The third-order valence-electron chi connectivity index (χ3n) is 5.06. The van der Waals surface area contributed by atoms with Gasteiger partial charge in [-0.2, -0.15) is 0 Å². The Bertz CT molecular complexity index is 1040. The van der Waals surface area contributed by atoms with Crippen molar-refractivity contribution in [3.63, 3.8) is 0 Å². The highest BCUT2D eigenvalue weighted by atomic mass is 35.5. The van der Waals surface area contributed by atoms with Crippen LogP contribution in [0.1, 0.15) is 16.7 Å².